The number of piperazine rings is 1. The number of hydrogen-bond acceptors (Lipinski definition) is 5. The molecule has 1 N–H and O–H groups in total. The van der Waals surface area contributed by atoms with Crippen molar-refractivity contribution in [1.82, 2.24) is 20.1 Å². The second-order valence-corrected chi connectivity index (χ2v) is 6.17. The lowest BCUT2D eigenvalue weighted by atomic mass is 10.3. The van der Waals surface area contributed by atoms with E-state index in [1.54, 1.807) is 0 Å². The van der Waals surface area contributed by atoms with Crippen molar-refractivity contribution in [2.24, 2.45) is 0 Å². The number of nitrogens with one attached hydrogen (secondary N) is 1. The van der Waals surface area contributed by atoms with E-state index >= 15 is 0 Å². The van der Waals surface area contributed by atoms with Crippen LogP contribution in [0.5, 0.6) is 0 Å². The van der Waals surface area contributed by atoms with E-state index in [-0.39, 0.29) is 0 Å². The maximum atomic E-state index is 4.52. The van der Waals surface area contributed by atoms with E-state index in [1.165, 1.54) is 36.1 Å². The summed E-state index contributed by atoms with van der Waals surface area (Å²) in [7, 11) is 4.20. The molecule has 1 aromatic heterocycles. The Labute approximate surface area is 114 Å². The first-order valence-corrected chi connectivity index (χ1v) is 7.58. The van der Waals surface area contributed by atoms with Crippen LogP contribution in [0.2, 0.25) is 0 Å². The average Bonchev–Trinajstić information content (AvgIpc) is 2.84. The van der Waals surface area contributed by atoms with Gasteiger partial charge in [-0.15, -0.1) is 11.3 Å². The van der Waals surface area contributed by atoms with Gasteiger partial charge >= 0.3 is 0 Å². The second-order valence-electron chi connectivity index (χ2n) is 4.97. The first-order valence-electron chi connectivity index (χ1n) is 6.77. The van der Waals surface area contributed by atoms with Gasteiger partial charge in [-0.1, -0.05) is 0 Å². The third-order valence-corrected chi connectivity index (χ3v) is 4.58. The molecule has 1 aliphatic heterocycles. The van der Waals surface area contributed by atoms with Gasteiger partial charge in [-0.2, -0.15) is 0 Å². The molecule has 4 nitrogen and oxygen atoms in total. The Bertz CT molecular complexity index is 345. The maximum absolute atomic E-state index is 4.52. The van der Waals surface area contributed by atoms with Gasteiger partial charge in [0.05, 0.1) is 5.01 Å². The van der Waals surface area contributed by atoms with Crippen molar-refractivity contribution in [3.05, 3.63) is 16.1 Å². The fraction of sp³-hybridized carbons (Fsp3) is 0.769. The number of likely N-dealkylation sites (N-methyl/N-ethyl adjacent to an activating group) is 2. The topological polar surface area (TPSA) is 31.4 Å². The third-order valence-electron chi connectivity index (χ3n) is 3.46. The van der Waals surface area contributed by atoms with E-state index in [0.29, 0.717) is 0 Å². The minimum absolute atomic E-state index is 1.04. The molecule has 5 heteroatoms. The van der Waals surface area contributed by atoms with E-state index in [0.717, 1.165) is 25.9 Å². The van der Waals surface area contributed by atoms with E-state index in [9.17, 15) is 0 Å². The molecule has 1 saturated heterocycles. The van der Waals surface area contributed by atoms with Crippen LogP contribution in [0.3, 0.4) is 0 Å². The van der Waals surface area contributed by atoms with Gasteiger partial charge in [0.2, 0.25) is 0 Å². The van der Waals surface area contributed by atoms with Crippen molar-refractivity contribution in [3.63, 3.8) is 0 Å². The zero-order chi connectivity index (χ0) is 12.8. The highest BCUT2D eigenvalue weighted by atomic mass is 32.1. The normalized spacial score (nSPS) is 18.3. The molecular formula is C13H24N4S. The van der Waals surface area contributed by atoms with E-state index < -0.39 is 0 Å². The summed E-state index contributed by atoms with van der Waals surface area (Å²) < 4.78 is 0. The number of hydrogen-bond donors (Lipinski definition) is 1. The minimum Gasteiger partial charge on any atom is -0.319 e. The molecule has 102 valence electrons. The molecule has 0 saturated carbocycles. The standard InChI is InChI=1S/C13H24N4S/c1-14-5-3-12-11-15-13(18-12)4-6-17-9-7-16(2)8-10-17/h11,14H,3-10H2,1-2H3. The molecule has 0 atom stereocenters. The van der Waals surface area contributed by atoms with E-state index in [1.807, 2.05) is 24.6 Å². The molecule has 0 unspecified atom stereocenters. The van der Waals surface area contributed by atoms with Crippen molar-refractivity contribution >= 4 is 11.3 Å². The van der Waals surface area contributed by atoms with Crippen molar-refractivity contribution in [3.8, 4) is 0 Å². The van der Waals surface area contributed by atoms with Gasteiger partial charge in [0, 0.05) is 50.2 Å². The SMILES string of the molecule is CNCCc1cnc(CCN2CCN(C)CC2)s1. The van der Waals surface area contributed by atoms with Crippen LogP contribution in [0.4, 0.5) is 0 Å². The van der Waals surface area contributed by atoms with Crippen molar-refractivity contribution < 1.29 is 0 Å². The lowest BCUT2D eigenvalue weighted by Crippen LogP contribution is -2.45. The first-order chi connectivity index (χ1) is 8.78. The van der Waals surface area contributed by atoms with Crippen molar-refractivity contribution in [1.29, 1.82) is 0 Å². The van der Waals surface area contributed by atoms with E-state index in [4.69, 9.17) is 0 Å². The highest BCUT2D eigenvalue weighted by Gasteiger charge is 2.13. The molecule has 2 rings (SSSR count). The summed E-state index contributed by atoms with van der Waals surface area (Å²) in [4.78, 5) is 10.9. The van der Waals surface area contributed by atoms with Crippen LogP contribution >= 0.6 is 11.3 Å². The van der Waals surface area contributed by atoms with Crippen molar-refractivity contribution in [2.45, 2.75) is 12.8 Å². The Balaban J connectivity index is 1.71. The number of nitrogens with zero attached hydrogens (tertiary/aromatic N) is 3. The zero-order valence-corrected chi connectivity index (χ0v) is 12.3. The molecule has 0 bridgehead atoms. The van der Waals surface area contributed by atoms with Gasteiger partial charge in [0.15, 0.2) is 0 Å². The van der Waals surface area contributed by atoms with E-state index in [2.05, 4.69) is 27.1 Å². The first kappa shape index (κ1) is 13.9. The molecule has 1 aromatic rings. The van der Waals surface area contributed by atoms with Crippen LogP contribution in [-0.2, 0) is 12.8 Å². The van der Waals surface area contributed by atoms with Crippen LogP contribution in [0.1, 0.15) is 9.88 Å². The van der Waals surface area contributed by atoms with Crippen LogP contribution in [-0.4, -0.2) is 68.1 Å². The maximum Gasteiger partial charge on any atom is 0.0940 e. The third kappa shape index (κ3) is 4.31. The lowest BCUT2D eigenvalue weighted by Gasteiger charge is -2.32. The Hall–Kier alpha value is -0.490. The monoisotopic (exact) mass is 268 g/mol. The van der Waals surface area contributed by atoms with Gasteiger partial charge in [-0.3, -0.25) is 0 Å². The number of rotatable bonds is 6. The predicted molar refractivity (Wildman–Crippen MR) is 77.4 cm³/mol. The highest BCUT2D eigenvalue weighted by molar-refractivity contribution is 7.11. The summed E-state index contributed by atoms with van der Waals surface area (Å²) in [5, 5.41) is 4.47. The Kier molecular flexibility index (Phi) is 5.56. The van der Waals surface area contributed by atoms with Crippen molar-refractivity contribution in [2.75, 3.05) is 53.4 Å². The van der Waals surface area contributed by atoms with Gasteiger partial charge < -0.3 is 15.1 Å². The summed E-state index contributed by atoms with van der Waals surface area (Å²) in [5.41, 5.74) is 0. The molecule has 2 heterocycles. The Morgan fingerprint density at radius 2 is 2.06 bits per heavy atom. The Morgan fingerprint density at radius 3 is 2.78 bits per heavy atom. The second kappa shape index (κ2) is 7.19. The number of aromatic nitrogens is 1. The minimum atomic E-state index is 1.04. The van der Waals surface area contributed by atoms with Crippen LogP contribution in [0.25, 0.3) is 0 Å². The molecular weight excluding hydrogens is 244 g/mol. The summed E-state index contributed by atoms with van der Waals surface area (Å²) >= 11 is 1.87. The lowest BCUT2D eigenvalue weighted by molar-refractivity contribution is 0.155. The fourth-order valence-corrected chi connectivity index (χ4v) is 3.06. The van der Waals surface area contributed by atoms with Gasteiger partial charge in [0.25, 0.3) is 0 Å². The molecule has 1 aliphatic rings. The predicted octanol–water partition coefficient (Wildman–Crippen LogP) is 0.695. The zero-order valence-electron chi connectivity index (χ0n) is 11.5. The van der Waals surface area contributed by atoms with Gasteiger partial charge in [-0.25, -0.2) is 4.98 Å². The highest BCUT2D eigenvalue weighted by Crippen LogP contribution is 2.14. The molecule has 0 radical (unpaired) electrons. The summed E-state index contributed by atoms with van der Waals surface area (Å²) in [6.45, 7) is 7.01. The quantitative estimate of drug-likeness (QED) is 0.823. The molecule has 0 aliphatic carbocycles. The Morgan fingerprint density at radius 1 is 1.28 bits per heavy atom. The molecule has 0 amide bonds. The summed E-state index contributed by atoms with van der Waals surface area (Å²) in [5.74, 6) is 0. The van der Waals surface area contributed by atoms with Gasteiger partial charge in [-0.05, 0) is 27.1 Å². The van der Waals surface area contributed by atoms with Crippen LogP contribution in [0.15, 0.2) is 6.20 Å². The fourth-order valence-electron chi connectivity index (χ4n) is 2.15. The smallest absolute Gasteiger partial charge is 0.0940 e. The summed E-state index contributed by atoms with van der Waals surface area (Å²) in [6.07, 6.45) is 4.25. The number of thiazole rings is 1. The largest absolute Gasteiger partial charge is 0.319 e. The average molecular weight is 268 g/mol. The summed E-state index contributed by atoms with van der Waals surface area (Å²) in [6, 6.07) is 0. The molecule has 1 fully saturated rings. The van der Waals surface area contributed by atoms with Crippen LogP contribution < -0.4 is 5.32 Å². The van der Waals surface area contributed by atoms with Gasteiger partial charge in [0.1, 0.15) is 0 Å². The molecule has 18 heavy (non-hydrogen) atoms. The van der Waals surface area contributed by atoms with Crippen LogP contribution in [0, 0.1) is 0 Å². The molecule has 0 spiro atoms. The molecule has 0 aromatic carbocycles.